The van der Waals surface area contributed by atoms with Gasteiger partial charge in [-0.1, -0.05) is 26.0 Å². The van der Waals surface area contributed by atoms with Crippen molar-refractivity contribution < 1.29 is 4.79 Å². The number of carbonyl (C=O) groups is 1. The summed E-state index contributed by atoms with van der Waals surface area (Å²) >= 11 is 0. The van der Waals surface area contributed by atoms with Gasteiger partial charge in [0.2, 0.25) is 0 Å². The highest BCUT2D eigenvalue weighted by Gasteiger charge is 2.35. The highest BCUT2D eigenvalue weighted by atomic mass is 16.2. The lowest BCUT2D eigenvalue weighted by molar-refractivity contribution is 0.0827. The molecule has 154 valence electrons. The summed E-state index contributed by atoms with van der Waals surface area (Å²) < 4.78 is 1.99. The Bertz CT molecular complexity index is 976. The first kappa shape index (κ1) is 19.9. The second-order valence-electron chi connectivity index (χ2n) is 9.31. The number of amides is 1. The lowest BCUT2D eigenvalue weighted by atomic mass is 9.82. The van der Waals surface area contributed by atoms with E-state index < -0.39 is 0 Å². The fourth-order valence-electron chi connectivity index (χ4n) is 4.98. The molecule has 0 N–H and O–H groups in total. The van der Waals surface area contributed by atoms with E-state index in [9.17, 15) is 9.59 Å². The molecule has 0 aliphatic carbocycles. The van der Waals surface area contributed by atoms with E-state index in [1.807, 2.05) is 28.8 Å². The monoisotopic (exact) mass is 393 g/mol. The molecular formula is C24H31N3O2. The van der Waals surface area contributed by atoms with E-state index in [1.165, 1.54) is 0 Å². The lowest BCUT2D eigenvalue weighted by Crippen LogP contribution is -2.48. The molecule has 3 heterocycles. The van der Waals surface area contributed by atoms with Crippen LogP contribution in [-0.4, -0.2) is 54.0 Å². The van der Waals surface area contributed by atoms with E-state index in [2.05, 4.69) is 24.8 Å². The molecule has 2 aliphatic heterocycles. The van der Waals surface area contributed by atoms with Crippen molar-refractivity contribution in [2.45, 2.75) is 32.7 Å². The molecule has 1 amide bonds. The molecule has 2 bridgehead atoms. The number of piperidine rings is 1. The number of fused-ring (bicyclic) bond motifs is 4. The number of likely N-dealkylation sites (tertiary alicyclic amines) is 1. The molecule has 2 aromatic rings. The molecule has 1 aromatic carbocycles. The van der Waals surface area contributed by atoms with Crippen LogP contribution in [0.3, 0.4) is 0 Å². The Hall–Kier alpha value is -2.40. The average Bonchev–Trinajstić information content (AvgIpc) is 2.67. The minimum atomic E-state index is -0.0269. The van der Waals surface area contributed by atoms with Gasteiger partial charge >= 0.3 is 0 Å². The fraction of sp³-hybridized carbons (Fsp3) is 0.500. The van der Waals surface area contributed by atoms with Crippen molar-refractivity contribution in [1.29, 1.82) is 0 Å². The van der Waals surface area contributed by atoms with Crippen LogP contribution in [0.4, 0.5) is 0 Å². The number of benzene rings is 1. The van der Waals surface area contributed by atoms with Gasteiger partial charge in [0.1, 0.15) is 0 Å². The third-order valence-corrected chi connectivity index (χ3v) is 6.10. The van der Waals surface area contributed by atoms with Crippen molar-refractivity contribution >= 4 is 5.91 Å². The van der Waals surface area contributed by atoms with E-state index in [0.717, 1.165) is 49.4 Å². The van der Waals surface area contributed by atoms with Crippen molar-refractivity contribution in [1.82, 2.24) is 14.4 Å². The van der Waals surface area contributed by atoms with Crippen LogP contribution in [-0.2, 0) is 6.54 Å². The lowest BCUT2D eigenvalue weighted by Gasteiger charge is -2.43. The van der Waals surface area contributed by atoms with E-state index in [1.54, 1.807) is 25.1 Å². The molecule has 1 aromatic heterocycles. The fourth-order valence-corrected chi connectivity index (χ4v) is 4.98. The standard InChI is InChI=1S/C24H31N3O2/c1-16(2)12-26-13-17-8-21(15-26)22-10-20(11-23(28)27(22)14-17)18-6-5-7-19(9-18)24(29)25(3)4/h5-7,9-11,16-17,21H,8,12-15H2,1-4H3/t17-,21+/m0/s1. The number of rotatable bonds is 4. The Morgan fingerprint density at radius 3 is 2.62 bits per heavy atom. The minimum absolute atomic E-state index is 0.0269. The van der Waals surface area contributed by atoms with Crippen molar-refractivity contribution in [2.75, 3.05) is 33.7 Å². The second-order valence-corrected chi connectivity index (χ2v) is 9.31. The SMILES string of the molecule is CC(C)CN1C[C@@H]2C[C@H](C1)c1cc(-c3cccc(C(=O)N(C)C)c3)cc(=O)n1C2. The minimum Gasteiger partial charge on any atom is -0.345 e. The molecule has 1 fully saturated rings. The number of carbonyl (C=O) groups excluding carboxylic acids is 1. The summed E-state index contributed by atoms with van der Waals surface area (Å²) in [6.45, 7) is 8.59. The number of hydrogen-bond donors (Lipinski definition) is 0. The van der Waals surface area contributed by atoms with Gasteiger partial charge in [0.25, 0.3) is 11.5 Å². The molecule has 0 saturated carbocycles. The predicted molar refractivity (Wildman–Crippen MR) is 116 cm³/mol. The summed E-state index contributed by atoms with van der Waals surface area (Å²) in [6, 6.07) is 11.5. The molecule has 5 nitrogen and oxygen atoms in total. The van der Waals surface area contributed by atoms with Crippen LogP contribution in [0.1, 0.15) is 42.2 Å². The Labute approximate surface area is 172 Å². The Morgan fingerprint density at radius 1 is 1.10 bits per heavy atom. The molecule has 2 atom stereocenters. The van der Waals surface area contributed by atoms with Crippen molar-refractivity contribution in [2.24, 2.45) is 11.8 Å². The molecule has 1 saturated heterocycles. The van der Waals surface area contributed by atoms with Gasteiger partial charge in [-0.25, -0.2) is 0 Å². The number of aromatic nitrogens is 1. The maximum absolute atomic E-state index is 12.9. The molecule has 0 spiro atoms. The summed E-state index contributed by atoms with van der Waals surface area (Å²) in [5.74, 6) is 1.59. The summed E-state index contributed by atoms with van der Waals surface area (Å²) in [6.07, 6.45) is 1.16. The first-order valence-electron chi connectivity index (χ1n) is 10.6. The van der Waals surface area contributed by atoms with Gasteiger partial charge in [0, 0.05) is 63.5 Å². The Kier molecular flexibility index (Phi) is 5.34. The Balaban J connectivity index is 1.70. The van der Waals surface area contributed by atoms with Gasteiger partial charge in [-0.2, -0.15) is 0 Å². The van der Waals surface area contributed by atoms with Crippen LogP contribution in [0.5, 0.6) is 0 Å². The van der Waals surface area contributed by atoms with Crippen LogP contribution in [0.2, 0.25) is 0 Å². The first-order chi connectivity index (χ1) is 13.8. The quantitative estimate of drug-likeness (QED) is 0.801. The summed E-state index contributed by atoms with van der Waals surface area (Å²) in [4.78, 5) is 29.4. The summed E-state index contributed by atoms with van der Waals surface area (Å²) in [5, 5.41) is 0. The number of hydrogen-bond acceptors (Lipinski definition) is 3. The molecule has 0 unspecified atom stereocenters. The number of pyridine rings is 1. The molecule has 2 aliphatic rings. The smallest absolute Gasteiger partial charge is 0.253 e. The highest BCUT2D eigenvalue weighted by molar-refractivity contribution is 5.95. The molecule has 4 rings (SSSR count). The average molecular weight is 394 g/mol. The van der Waals surface area contributed by atoms with E-state index in [0.29, 0.717) is 23.3 Å². The summed E-state index contributed by atoms with van der Waals surface area (Å²) in [7, 11) is 3.51. The van der Waals surface area contributed by atoms with Crippen molar-refractivity contribution in [3.05, 3.63) is 58.0 Å². The van der Waals surface area contributed by atoms with Crippen molar-refractivity contribution in [3.8, 4) is 11.1 Å². The van der Waals surface area contributed by atoms with Gasteiger partial charge in [-0.15, -0.1) is 0 Å². The van der Waals surface area contributed by atoms with E-state index in [-0.39, 0.29) is 11.5 Å². The highest BCUT2D eigenvalue weighted by Crippen LogP contribution is 2.36. The predicted octanol–water partition coefficient (Wildman–Crippen LogP) is 3.29. The van der Waals surface area contributed by atoms with Crippen LogP contribution < -0.4 is 5.56 Å². The molecule has 5 heteroatoms. The number of nitrogens with zero attached hydrogens (tertiary/aromatic N) is 3. The van der Waals surface area contributed by atoms with E-state index >= 15 is 0 Å². The zero-order chi connectivity index (χ0) is 20.7. The third-order valence-electron chi connectivity index (χ3n) is 6.10. The molecule has 29 heavy (non-hydrogen) atoms. The zero-order valence-electron chi connectivity index (χ0n) is 17.9. The van der Waals surface area contributed by atoms with Crippen LogP contribution >= 0.6 is 0 Å². The van der Waals surface area contributed by atoms with Gasteiger partial charge in [0.15, 0.2) is 0 Å². The van der Waals surface area contributed by atoms with Gasteiger partial charge in [-0.3, -0.25) is 9.59 Å². The Morgan fingerprint density at radius 2 is 1.90 bits per heavy atom. The molecule has 0 radical (unpaired) electrons. The van der Waals surface area contributed by atoms with Crippen LogP contribution in [0.25, 0.3) is 11.1 Å². The van der Waals surface area contributed by atoms with Crippen LogP contribution in [0.15, 0.2) is 41.2 Å². The molecular weight excluding hydrogens is 362 g/mol. The van der Waals surface area contributed by atoms with Crippen LogP contribution in [0, 0.1) is 11.8 Å². The van der Waals surface area contributed by atoms with Crippen molar-refractivity contribution in [3.63, 3.8) is 0 Å². The van der Waals surface area contributed by atoms with Gasteiger partial charge < -0.3 is 14.4 Å². The normalized spacial score (nSPS) is 21.1. The largest absolute Gasteiger partial charge is 0.345 e. The second kappa shape index (κ2) is 7.79. The van der Waals surface area contributed by atoms with Gasteiger partial charge in [0.05, 0.1) is 0 Å². The topological polar surface area (TPSA) is 45.6 Å². The summed E-state index contributed by atoms with van der Waals surface area (Å²) in [5.41, 5.74) is 3.71. The van der Waals surface area contributed by atoms with Gasteiger partial charge in [-0.05, 0) is 47.6 Å². The first-order valence-corrected chi connectivity index (χ1v) is 10.6. The zero-order valence-corrected chi connectivity index (χ0v) is 17.9. The maximum Gasteiger partial charge on any atom is 0.253 e. The maximum atomic E-state index is 12.9. The van der Waals surface area contributed by atoms with E-state index in [4.69, 9.17) is 0 Å². The third kappa shape index (κ3) is 4.01.